The molecule has 0 saturated heterocycles. The van der Waals surface area contributed by atoms with Crippen LogP contribution in [0.25, 0.3) is 11.0 Å². The highest BCUT2D eigenvalue weighted by Crippen LogP contribution is 2.28. The smallest absolute Gasteiger partial charge is 0.196 e. The van der Waals surface area contributed by atoms with Crippen LogP contribution < -0.4 is 10.2 Å². The van der Waals surface area contributed by atoms with Crippen LogP contribution in [-0.2, 0) is 0 Å². The molecule has 3 heteroatoms. The number of hydrogen-bond donors (Lipinski definition) is 0. The molecular weight excluding hydrogens is 240 g/mol. The maximum absolute atomic E-state index is 12.3. The van der Waals surface area contributed by atoms with Crippen molar-refractivity contribution in [3.63, 3.8) is 0 Å². The van der Waals surface area contributed by atoms with E-state index in [1.54, 1.807) is 18.2 Å². The lowest BCUT2D eigenvalue weighted by molar-refractivity contribution is 0.343. The Morgan fingerprint density at radius 3 is 2.79 bits per heavy atom. The minimum absolute atomic E-state index is 0.0489. The van der Waals surface area contributed by atoms with E-state index < -0.39 is 0 Å². The Kier molecular flexibility index (Phi) is 2.95. The molecule has 3 rings (SSSR count). The van der Waals surface area contributed by atoms with Crippen molar-refractivity contribution in [1.29, 1.82) is 0 Å². The van der Waals surface area contributed by atoms with Gasteiger partial charge in [-0.2, -0.15) is 0 Å². The van der Waals surface area contributed by atoms with Crippen LogP contribution in [0.1, 0.15) is 18.6 Å². The lowest BCUT2D eigenvalue weighted by Gasteiger charge is -2.09. The van der Waals surface area contributed by atoms with Crippen LogP contribution >= 0.6 is 0 Å². The number of hydrogen-bond acceptors (Lipinski definition) is 3. The van der Waals surface area contributed by atoms with Gasteiger partial charge in [-0.25, -0.2) is 0 Å². The van der Waals surface area contributed by atoms with Crippen LogP contribution in [-0.4, -0.2) is 6.61 Å². The van der Waals surface area contributed by atoms with Gasteiger partial charge in [-0.3, -0.25) is 4.79 Å². The normalized spacial score (nSPS) is 14.4. The van der Waals surface area contributed by atoms with Gasteiger partial charge in [0.1, 0.15) is 22.5 Å². The Hall–Kier alpha value is -2.29. The van der Waals surface area contributed by atoms with Gasteiger partial charge < -0.3 is 9.15 Å². The fourth-order valence-electron chi connectivity index (χ4n) is 2.26. The molecule has 1 aromatic carbocycles. The third-order valence-electron chi connectivity index (χ3n) is 3.11. The molecule has 1 aliphatic rings. The second-order valence-electron chi connectivity index (χ2n) is 4.37. The zero-order chi connectivity index (χ0) is 13.2. The van der Waals surface area contributed by atoms with Crippen molar-refractivity contribution >= 4 is 11.0 Å². The van der Waals surface area contributed by atoms with Gasteiger partial charge in [-0.15, -0.1) is 0 Å². The first-order valence-corrected chi connectivity index (χ1v) is 6.34. The quantitative estimate of drug-likeness (QED) is 0.842. The summed E-state index contributed by atoms with van der Waals surface area (Å²) >= 11 is 0. The Labute approximate surface area is 110 Å². The van der Waals surface area contributed by atoms with Gasteiger partial charge in [0.2, 0.25) is 0 Å². The fourth-order valence-corrected chi connectivity index (χ4v) is 2.26. The molecule has 1 heterocycles. The fraction of sp³-hybridized carbons (Fsp3) is 0.188. The first-order chi connectivity index (χ1) is 9.29. The zero-order valence-corrected chi connectivity index (χ0v) is 10.6. The molecule has 2 aromatic rings. The third-order valence-corrected chi connectivity index (χ3v) is 3.11. The maximum atomic E-state index is 12.3. The van der Waals surface area contributed by atoms with Crippen molar-refractivity contribution in [2.45, 2.75) is 12.8 Å². The molecule has 0 atom stereocenters. The largest absolute Gasteiger partial charge is 0.493 e. The minimum atomic E-state index is -0.0611. The number of allylic oxidation sites excluding steroid dienone is 4. The maximum Gasteiger partial charge on any atom is 0.196 e. The van der Waals surface area contributed by atoms with Crippen molar-refractivity contribution in [3.05, 3.63) is 64.6 Å². The molecular formula is C16H14O3. The van der Waals surface area contributed by atoms with Gasteiger partial charge in [0.05, 0.1) is 12.5 Å². The monoisotopic (exact) mass is 254 g/mol. The molecule has 1 aromatic heterocycles. The standard InChI is InChI=1S/C16H14O3/c1-2-18-13-8-5-9-14-16(13)12(17)10-15(19-14)11-6-3-4-7-11/h3-11H,2H2,1H3. The summed E-state index contributed by atoms with van der Waals surface area (Å²) in [5, 5.41) is 0.513. The summed E-state index contributed by atoms with van der Waals surface area (Å²) in [6.45, 7) is 2.41. The number of fused-ring (bicyclic) bond motifs is 1. The van der Waals surface area contributed by atoms with E-state index in [-0.39, 0.29) is 11.3 Å². The summed E-state index contributed by atoms with van der Waals surface area (Å²) in [7, 11) is 0. The second kappa shape index (κ2) is 4.76. The summed E-state index contributed by atoms with van der Waals surface area (Å²) < 4.78 is 11.3. The van der Waals surface area contributed by atoms with Crippen molar-refractivity contribution in [2.75, 3.05) is 6.61 Å². The van der Waals surface area contributed by atoms with Crippen LogP contribution in [0.3, 0.4) is 0 Å². The Morgan fingerprint density at radius 1 is 1.26 bits per heavy atom. The van der Waals surface area contributed by atoms with E-state index >= 15 is 0 Å². The van der Waals surface area contributed by atoms with Gasteiger partial charge >= 0.3 is 0 Å². The van der Waals surface area contributed by atoms with Gasteiger partial charge in [-0.05, 0) is 19.1 Å². The Morgan fingerprint density at radius 2 is 2.05 bits per heavy atom. The highest BCUT2D eigenvalue weighted by Gasteiger charge is 2.15. The van der Waals surface area contributed by atoms with Gasteiger partial charge in [0.25, 0.3) is 0 Å². The predicted molar refractivity (Wildman–Crippen MR) is 74.7 cm³/mol. The lowest BCUT2D eigenvalue weighted by Crippen LogP contribution is -2.06. The van der Waals surface area contributed by atoms with Crippen molar-refractivity contribution in [3.8, 4) is 5.75 Å². The lowest BCUT2D eigenvalue weighted by atomic mass is 10.1. The number of ether oxygens (including phenoxy) is 1. The van der Waals surface area contributed by atoms with Gasteiger partial charge in [-0.1, -0.05) is 30.4 Å². The summed E-state index contributed by atoms with van der Waals surface area (Å²) in [6.07, 6.45) is 7.89. The van der Waals surface area contributed by atoms with E-state index in [4.69, 9.17) is 9.15 Å². The summed E-state index contributed by atoms with van der Waals surface area (Å²) in [4.78, 5) is 12.3. The van der Waals surface area contributed by atoms with Crippen LogP contribution in [0.5, 0.6) is 5.75 Å². The van der Waals surface area contributed by atoms with Crippen LogP contribution in [0, 0.1) is 0 Å². The van der Waals surface area contributed by atoms with Crippen LogP contribution in [0.15, 0.2) is 57.8 Å². The number of benzene rings is 1. The average molecular weight is 254 g/mol. The van der Waals surface area contributed by atoms with Crippen LogP contribution in [0.4, 0.5) is 0 Å². The molecule has 0 aliphatic heterocycles. The molecule has 0 unspecified atom stereocenters. The van der Waals surface area contributed by atoms with E-state index in [1.165, 1.54) is 0 Å². The molecule has 0 N–H and O–H groups in total. The molecule has 0 saturated carbocycles. The van der Waals surface area contributed by atoms with E-state index in [0.717, 1.165) is 0 Å². The summed E-state index contributed by atoms with van der Waals surface area (Å²) in [6, 6.07) is 6.97. The first-order valence-electron chi connectivity index (χ1n) is 6.34. The molecule has 0 spiro atoms. The number of rotatable bonds is 3. The first kappa shape index (κ1) is 11.8. The molecule has 19 heavy (non-hydrogen) atoms. The highest BCUT2D eigenvalue weighted by atomic mass is 16.5. The minimum Gasteiger partial charge on any atom is -0.493 e. The predicted octanol–water partition coefficient (Wildman–Crippen LogP) is 3.40. The summed E-state index contributed by atoms with van der Waals surface area (Å²) in [5.41, 5.74) is 0.510. The molecule has 0 fully saturated rings. The zero-order valence-electron chi connectivity index (χ0n) is 10.6. The second-order valence-corrected chi connectivity index (χ2v) is 4.37. The Balaban J connectivity index is 2.19. The van der Waals surface area contributed by atoms with Crippen molar-refractivity contribution < 1.29 is 9.15 Å². The third kappa shape index (κ3) is 2.08. The van der Waals surface area contributed by atoms with Gasteiger partial charge in [0.15, 0.2) is 5.43 Å². The molecule has 3 nitrogen and oxygen atoms in total. The van der Waals surface area contributed by atoms with E-state index in [9.17, 15) is 4.79 Å². The SMILES string of the molecule is CCOc1cccc2oc(C3C=CC=C3)cc(=O)c12. The van der Waals surface area contributed by atoms with Gasteiger partial charge in [0, 0.05) is 6.07 Å². The molecule has 1 aliphatic carbocycles. The Bertz CT molecular complexity index is 710. The van der Waals surface area contributed by atoms with E-state index in [2.05, 4.69) is 0 Å². The molecule has 0 amide bonds. The van der Waals surface area contributed by atoms with E-state index in [1.807, 2.05) is 37.3 Å². The highest BCUT2D eigenvalue weighted by molar-refractivity contribution is 5.83. The molecule has 0 bridgehead atoms. The topological polar surface area (TPSA) is 39.4 Å². The molecule has 96 valence electrons. The van der Waals surface area contributed by atoms with Crippen LogP contribution in [0.2, 0.25) is 0 Å². The summed E-state index contributed by atoms with van der Waals surface area (Å²) in [5.74, 6) is 1.29. The molecule has 0 radical (unpaired) electrons. The average Bonchev–Trinajstić information content (AvgIpc) is 2.92. The van der Waals surface area contributed by atoms with Crippen molar-refractivity contribution in [1.82, 2.24) is 0 Å². The van der Waals surface area contributed by atoms with E-state index in [0.29, 0.717) is 29.1 Å². The van der Waals surface area contributed by atoms with Crippen molar-refractivity contribution in [2.24, 2.45) is 0 Å².